The maximum absolute atomic E-state index is 12.6. The second-order valence-corrected chi connectivity index (χ2v) is 7.65. The van der Waals surface area contributed by atoms with Crippen LogP contribution in [0, 0.1) is 0 Å². The lowest BCUT2D eigenvalue weighted by molar-refractivity contribution is 0.167. The summed E-state index contributed by atoms with van der Waals surface area (Å²) in [4.78, 5) is 11.7. The number of rotatable bonds is 7. The molecule has 1 amide bonds. The minimum atomic E-state index is -3.85. The Kier molecular flexibility index (Phi) is 6.87. The van der Waals surface area contributed by atoms with E-state index in [-0.39, 0.29) is 17.2 Å². The minimum absolute atomic E-state index is 0.0206. The summed E-state index contributed by atoms with van der Waals surface area (Å²) in [6.45, 7) is 4.01. The zero-order chi connectivity index (χ0) is 19.2. The van der Waals surface area contributed by atoms with Crippen molar-refractivity contribution in [3.05, 3.63) is 46.9 Å². The van der Waals surface area contributed by atoms with Gasteiger partial charge in [0, 0.05) is 10.2 Å². The summed E-state index contributed by atoms with van der Waals surface area (Å²) in [7, 11) is -3.85. The first-order valence-corrected chi connectivity index (χ1v) is 10.1. The highest BCUT2D eigenvalue weighted by Crippen LogP contribution is 2.29. The highest BCUT2D eigenvalue weighted by molar-refractivity contribution is 9.10. The van der Waals surface area contributed by atoms with Gasteiger partial charge in [-0.25, -0.2) is 13.2 Å². The van der Waals surface area contributed by atoms with Crippen LogP contribution in [0.3, 0.4) is 0 Å². The fourth-order valence-corrected chi connectivity index (χ4v) is 3.57. The van der Waals surface area contributed by atoms with E-state index in [0.29, 0.717) is 18.0 Å². The smallest absolute Gasteiger partial charge is 0.411 e. The maximum Gasteiger partial charge on any atom is 0.411 e. The van der Waals surface area contributed by atoms with Gasteiger partial charge < -0.3 is 9.47 Å². The molecule has 0 unspecified atom stereocenters. The van der Waals surface area contributed by atoms with Crippen LogP contribution in [0.2, 0.25) is 0 Å². The van der Waals surface area contributed by atoms with Gasteiger partial charge in [0.15, 0.2) is 0 Å². The molecule has 0 aliphatic heterocycles. The SMILES string of the molecule is CCOC(=O)Nc1cc(S(=O)(=O)Nc2cccc(Br)c2)ccc1OCC. The van der Waals surface area contributed by atoms with Gasteiger partial charge in [-0.2, -0.15) is 0 Å². The molecule has 0 atom stereocenters. The molecule has 0 aliphatic carbocycles. The van der Waals surface area contributed by atoms with Crippen LogP contribution in [-0.2, 0) is 14.8 Å². The number of carbonyl (C=O) groups excluding carboxylic acids is 1. The zero-order valence-corrected chi connectivity index (χ0v) is 16.7. The molecular weight excluding hydrogens is 424 g/mol. The van der Waals surface area contributed by atoms with Gasteiger partial charge in [0.1, 0.15) is 5.75 Å². The second kappa shape index (κ2) is 8.91. The molecule has 0 spiro atoms. The quantitative estimate of drug-likeness (QED) is 0.669. The number of anilines is 2. The number of hydrogen-bond donors (Lipinski definition) is 2. The van der Waals surface area contributed by atoms with Crippen LogP contribution in [-0.4, -0.2) is 27.7 Å². The average Bonchev–Trinajstić information content (AvgIpc) is 2.56. The van der Waals surface area contributed by atoms with Crippen molar-refractivity contribution in [1.29, 1.82) is 0 Å². The minimum Gasteiger partial charge on any atom is -0.492 e. The summed E-state index contributed by atoms with van der Waals surface area (Å²) in [5.41, 5.74) is 0.621. The monoisotopic (exact) mass is 442 g/mol. The molecule has 0 fully saturated rings. The Balaban J connectivity index is 2.34. The van der Waals surface area contributed by atoms with Crippen molar-refractivity contribution in [2.45, 2.75) is 18.7 Å². The lowest BCUT2D eigenvalue weighted by Gasteiger charge is -2.14. The number of halogens is 1. The predicted octanol–water partition coefficient (Wildman–Crippen LogP) is 4.22. The standard InChI is InChI=1S/C17H19BrN2O5S/c1-3-24-16-9-8-14(11-15(16)19-17(21)25-4-2)26(22,23)20-13-7-5-6-12(18)10-13/h5-11,20H,3-4H2,1-2H3,(H,19,21). The van der Waals surface area contributed by atoms with Crippen LogP contribution < -0.4 is 14.8 Å². The first kappa shape index (κ1) is 20.1. The van der Waals surface area contributed by atoms with Crippen molar-refractivity contribution in [2.75, 3.05) is 23.3 Å². The normalized spacial score (nSPS) is 10.9. The van der Waals surface area contributed by atoms with Crippen LogP contribution in [0.5, 0.6) is 5.75 Å². The molecule has 0 aliphatic rings. The van der Waals surface area contributed by atoms with Gasteiger partial charge in [0.2, 0.25) is 0 Å². The lowest BCUT2D eigenvalue weighted by atomic mass is 10.3. The van der Waals surface area contributed by atoms with Crippen LogP contribution in [0.25, 0.3) is 0 Å². The molecule has 0 aromatic heterocycles. The molecule has 2 rings (SSSR count). The zero-order valence-electron chi connectivity index (χ0n) is 14.3. The molecule has 2 N–H and O–H groups in total. The number of benzene rings is 2. The third-order valence-corrected chi connectivity index (χ3v) is 5.02. The Morgan fingerprint density at radius 3 is 2.54 bits per heavy atom. The van der Waals surface area contributed by atoms with Crippen LogP contribution in [0.15, 0.2) is 51.8 Å². The van der Waals surface area contributed by atoms with Crippen molar-refractivity contribution in [3.8, 4) is 5.75 Å². The third kappa shape index (κ3) is 5.37. The third-order valence-electron chi connectivity index (χ3n) is 3.15. The van der Waals surface area contributed by atoms with Crippen LogP contribution in [0.4, 0.5) is 16.2 Å². The van der Waals surface area contributed by atoms with E-state index in [1.165, 1.54) is 18.2 Å². The number of nitrogens with one attached hydrogen (secondary N) is 2. The summed E-state index contributed by atoms with van der Waals surface area (Å²) in [5.74, 6) is 0.349. The summed E-state index contributed by atoms with van der Waals surface area (Å²) < 4.78 is 38.8. The van der Waals surface area contributed by atoms with E-state index in [4.69, 9.17) is 9.47 Å². The number of sulfonamides is 1. The van der Waals surface area contributed by atoms with E-state index in [1.54, 1.807) is 38.1 Å². The van der Waals surface area contributed by atoms with Gasteiger partial charge in [-0.05, 0) is 50.2 Å². The molecule has 0 radical (unpaired) electrons. The molecule has 0 saturated heterocycles. The predicted molar refractivity (Wildman–Crippen MR) is 103 cm³/mol. The topological polar surface area (TPSA) is 93.7 Å². The van der Waals surface area contributed by atoms with E-state index in [1.807, 2.05) is 0 Å². The Morgan fingerprint density at radius 1 is 1.12 bits per heavy atom. The van der Waals surface area contributed by atoms with Gasteiger partial charge in [0.05, 0.1) is 23.8 Å². The van der Waals surface area contributed by atoms with E-state index >= 15 is 0 Å². The Morgan fingerprint density at radius 2 is 1.88 bits per heavy atom. The maximum atomic E-state index is 12.6. The fraction of sp³-hybridized carbons (Fsp3) is 0.235. The molecule has 2 aromatic rings. The molecule has 140 valence electrons. The van der Waals surface area contributed by atoms with Gasteiger partial charge in [-0.15, -0.1) is 0 Å². The molecule has 0 heterocycles. The summed E-state index contributed by atoms with van der Waals surface area (Å²) in [6.07, 6.45) is -0.692. The number of ether oxygens (including phenoxy) is 2. The average molecular weight is 443 g/mol. The van der Waals surface area contributed by atoms with E-state index in [0.717, 1.165) is 4.47 Å². The molecule has 0 saturated carbocycles. The Hall–Kier alpha value is -2.26. The Labute approximate surface area is 160 Å². The van der Waals surface area contributed by atoms with Gasteiger partial charge in [0.25, 0.3) is 10.0 Å². The largest absolute Gasteiger partial charge is 0.492 e. The first-order valence-electron chi connectivity index (χ1n) is 7.84. The van der Waals surface area contributed by atoms with Crippen molar-refractivity contribution in [3.63, 3.8) is 0 Å². The van der Waals surface area contributed by atoms with E-state index in [9.17, 15) is 13.2 Å². The highest BCUT2D eigenvalue weighted by atomic mass is 79.9. The van der Waals surface area contributed by atoms with Crippen molar-refractivity contribution < 1.29 is 22.7 Å². The summed E-state index contributed by atoms with van der Waals surface area (Å²) >= 11 is 3.29. The van der Waals surface area contributed by atoms with Crippen molar-refractivity contribution in [2.24, 2.45) is 0 Å². The van der Waals surface area contributed by atoms with E-state index < -0.39 is 16.1 Å². The van der Waals surface area contributed by atoms with Gasteiger partial charge in [-0.1, -0.05) is 22.0 Å². The number of hydrogen-bond acceptors (Lipinski definition) is 5. The Bertz CT molecular complexity index is 886. The number of carbonyl (C=O) groups is 1. The molecular formula is C17H19BrN2O5S. The van der Waals surface area contributed by atoms with Crippen molar-refractivity contribution >= 4 is 43.4 Å². The van der Waals surface area contributed by atoms with Gasteiger partial charge >= 0.3 is 6.09 Å². The van der Waals surface area contributed by atoms with E-state index in [2.05, 4.69) is 26.0 Å². The molecule has 7 nitrogen and oxygen atoms in total. The van der Waals surface area contributed by atoms with Crippen LogP contribution in [0.1, 0.15) is 13.8 Å². The molecule has 26 heavy (non-hydrogen) atoms. The molecule has 9 heteroatoms. The fourth-order valence-electron chi connectivity index (χ4n) is 2.10. The molecule has 0 bridgehead atoms. The first-order chi connectivity index (χ1) is 12.4. The summed E-state index contributed by atoms with van der Waals surface area (Å²) in [6, 6.07) is 11.0. The number of amides is 1. The van der Waals surface area contributed by atoms with Gasteiger partial charge in [-0.3, -0.25) is 10.0 Å². The second-order valence-electron chi connectivity index (χ2n) is 5.05. The van der Waals surface area contributed by atoms with Crippen molar-refractivity contribution in [1.82, 2.24) is 0 Å². The summed E-state index contributed by atoms with van der Waals surface area (Å²) in [5, 5.41) is 2.50. The lowest BCUT2D eigenvalue weighted by Crippen LogP contribution is -2.16. The molecule has 2 aromatic carbocycles. The van der Waals surface area contributed by atoms with Crippen LogP contribution >= 0.6 is 15.9 Å². The highest BCUT2D eigenvalue weighted by Gasteiger charge is 2.18.